The summed E-state index contributed by atoms with van der Waals surface area (Å²) in [5.41, 5.74) is 1.05. The van der Waals surface area contributed by atoms with E-state index in [0.29, 0.717) is 19.4 Å². The van der Waals surface area contributed by atoms with Crippen LogP contribution in [0.3, 0.4) is 0 Å². The maximum absolute atomic E-state index is 12.0. The average Bonchev–Trinajstić information content (AvgIpc) is 2.30. The fraction of sp³-hybridized carbons (Fsp3) is 0.500. The van der Waals surface area contributed by atoms with Gasteiger partial charge in [0.25, 0.3) is 0 Å². The minimum absolute atomic E-state index is 0.501. The summed E-state index contributed by atoms with van der Waals surface area (Å²) < 4.78 is 22.6. The molecule has 0 radical (unpaired) electrons. The molecule has 0 aliphatic carbocycles. The van der Waals surface area contributed by atoms with E-state index in [1.165, 1.54) is 0 Å². The van der Waals surface area contributed by atoms with E-state index in [-0.39, 0.29) is 0 Å². The van der Waals surface area contributed by atoms with Gasteiger partial charge in [0.2, 0.25) is 0 Å². The predicted molar refractivity (Wildman–Crippen MR) is 64.8 cm³/mol. The van der Waals surface area contributed by atoms with Crippen molar-refractivity contribution in [3.05, 3.63) is 35.9 Å². The molecule has 4 heteroatoms. The van der Waals surface area contributed by atoms with Crippen molar-refractivity contribution >= 4 is 7.80 Å². The molecule has 1 unspecified atom stereocenters. The smallest absolute Gasteiger partial charge is 0.313 e. The maximum Gasteiger partial charge on any atom is 0.406 e. The van der Waals surface area contributed by atoms with Crippen LogP contribution in [0, 0.1) is 0 Å². The number of hydrogen-bond donors (Lipinski definition) is 0. The first-order valence-electron chi connectivity index (χ1n) is 5.48. The van der Waals surface area contributed by atoms with E-state index in [1.807, 2.05) is 44.2 Å². The summed E-state index contributed by atoms with van der Waals surface area (Å²) in [6.45, 7) is 4.77. The lowest BCUT2D eigenvalue weighted by Gasteiger charge is -2.06. The molecule has 1 aromatic rings. The lowest BCUT2D eigenvalue weighted by Crippen LogP contribution is -2.13. The van der Waals surface area contributed by atoms with Gasteiger partial charge in [-0.05, 0) is 19.4 Å². The number of rotatable bonds is 7. The van der Waals surface area contributed by atoms with Gasteiger partial charge in [-0.3, -0.25) is 0 Å². The van der Waals surface area contributed by atoms with Crippen molar-refractivity contribution in [2.45, 2.75) is 26.0 Å². The van der Waals surface area contributed by atoms with E-state index < -0.39 is 13.8 Å². The predicted octanol–water partition coefficient (Wildman–Crippen LogP) is 3.37. The fourth-order valence-electron chi connectivity index (χ4n) is 1.34. The molecule has 0 heterocycles. The molecular weight excluding hydrogens is 223 g/mol. The normalized spacial score (nSPS) is 11.8. The van der Waals surface area contributed by atoms with Gasteiger partial charge in [-0.1, -0.05) is 34.9 Å². The Morgan fingerprint density at radius 2 is 1.69 bits per heavy atom. The van der Waals surface area contributed by atoms with Crippen LogP contribution >= 0.6 is 7.80 Å². The number of benzene rings is 1. The highest BCUT2D eigenvalue weighted by atomic mass is 31.1. The molecule has 0 aliphatic rings. The molecule has 0 fully saturated rings. The summed E-state index contributed by atoms with van der Waals surface area (Å²) in [6, 6.07) is 9.16. The van der Waals surface area contributed by atoms with Crippen LogP contribution in [-0.4, -0.2) is 19.2 Å². The first-order valence-corrected chi connectivity index (χ1v) is 7.00. The maximum atomic E-state index is 12.0. The molecule has 0 amide bonds. The first kappa shape index (κ1) is 13.3. The fourth-order valence-corrected chi connectivity index (χ4v) is 2.69. The standard InChI is InChI=1S/C12H18O3P/c1-3-14-12(15-4-2)16(13)10-11-8-6-5-7-9-11/h5-9,12H,3-4,10H2,1-2H3/q+1. The van der Waals surface area contributed by atoms with Crippen molar-refractivity contribution in [3.8, 4) is 0 Å². The Bertz CT molecular complexity index is 307. The van der Waals surface area contributed by atoms with Gasteiger partial charge in [-0.15, -0.1) is 0 Å². The second kappa shape index (κ2) is 7.50. The second-order valence-corrected chi connectivity index (χ2v) is 4.85. The minimum atomic E-state index is -1.53. The summed E-state index contributed by atoms with van der Waals surface area (Å²) >= 11 is 0. The van der Waals surface area contributed by atoms with Crippen molar-refractivity contribution in [1.82, 2.24) is 0 Å². The first-order chi connectivity index (χ1) is 7.77. The van der Waals surface area contributed by atoms with Gasteiger partial charge in [0.1, 0.15) is 0 Å². The second-order valence-electron chi connectivity index (χ2n) is 3.28. The van der Waals surface area contributed by atoms with Gasteiger partial charge in [0.15, 0.2) is 6.16 Å². The highest BCUT2D eigenvalue weighted by Gasteiger charge is 2.31. The quantitative estimate of drug-likeness (QED) is 0.542. The van der Waals surface area contributed by atoms with Crippen LogP contribution in [-0.2, 0) is 20.2 Å². The Labute approximate surface area is 97.6 Å². The Balaban J connectivity index is 2.55. The summed E-state index contributed by atoms with van der Waals surface area (Å²) in [5, 5.41) is 0. The summed E-state index contributed by atoms with van der Waals surface area (Å²) in [6.07, 6.45) is 0.501. The third-order valence-corrected chi connectivity index (χ3v) is 3.48. The van der Waals surface area contributed by atoms with E-state index in [1.54, 1.807) is 0 Å². The Morgan fingerprint density at radius 1 is 1.12 bits per heavy atom. The molecule has 0 spiro atoms. The van der Waals surface area contributed by atoms with E-state index in [4.69, 9.17) is 9.47 Å². The van der Waals surface area contributed by atoms with Crippen molar-refractivity contribution in [3.63, 3.8) is 0 Å². The van der Waals surface area contributed by atoms with Gasteiger partial charge >= 0.3 is 13.8 Å². The number of ether oxygens (including phenoxy) is 2. The van der Waals surface area contributed by atoms with E-state index in [2.05, 4.69) is 0 Å². The van der Waals surface area contributed by atoms with Crippen molar-refractivity contribution in [1.29, 1.82) is 0 Å². The van der Waals surface area contributed by atoms with Crippen LogP contribution in [0.4, 0.5) is 0 Å². The molecule has 1 rings (SSSR count). The Kier molecular flexibility index (Phi) is 6.24. The van der Waals surface area contributed by atoms with E-state index in [0.717, 1.165) is 5.56 Å². The Morgan fingerprint density at radius 3 is 2.19 bits per heavy atom. The summed E-state index contributed by atoms with van der Waals surface area (Å²) in [7, 11) is -1.53. The van der Waals surface area contributed by atoms with Gasteiger partial charge < -0.3 is 9.47 Å². The molecular formula is C12H18O3P+. The molecule has 0 aliphatic heterocycles. The van der Waals surface area contributed by atoms with E-state index >= 15 is 0 Å². The summed E-state index contributed by atoms with van der Waals surface area (Å²) in [4.78, 5) is 0. The molecule has 0 saturated carbocycles. The van der Waals surface area contributed by atoms with Crippen LogP contribution < -0.4 is 0 Å². The number of hydrogen-bond acceptors (Lipinski definition) is 3. The van der Waals surface area contributed by atoms with Crippen LogP contribution in [0.25, 0.3) is 0 Å². The van der Waals surface area contributed by atoms with Gasteiger partial charge in [0.05, 0.1) is 13.2 Å². The minimum Gasteiger partial charge on any atom is -0.313 e. The zero-order valence-corrected chi connectivity index (χ0v) is 10.7. The molecule has 0 saturated heterocycles. The highest BCUT2D eigenvalue weighted by molar-refractivity contribution is 7.44. The molecule has 0 N–H and O–H groups in total. The molecule has 1 atom stereocenters. The highest BCUT2D eigenvalue weighted by Crippen LogP contribution is 2.34. The van der Waals surface area contributed by atoms with Crippen molar-refractivity contribution < 1.29 is 14.0 Å². The summed E-state index contributed by atoms with van der Waals surface area (Å²) in [5.74, 6) is 0. The third-order valence-electron chi connectivity index (χ3n) is 2.03. The largest absolute Gasteiger partial charge is 0.406 e. The SMILES string of the molecule is CCOC(OCC)[P+](=O)Cc1ccccc1. The van der Waals surface area contributed by atoms with Crippen LogP contribution in [0.2, 0.25) is 0 Å². The van der Waals surface area contributed by atoms with Gasteiger partial charge in [-0.25, -0.2) is 0 Å². The van der Waals surface area contributed by atoms with Crippen LogP contribution in [0.15, 0.2) is 30.3 Å². The third kappa shape index (κ3) is 4.40. The van der Waals surface area contributed by atoms with Crippen LogP contribution in [0.5, 0.6) is 0 Å². The molecule has 16 heavy (non-hydrogen) atoms. The lowest BCUT2D eigenvalue weighted by atomic mass is 10.2. The molecule has 3 nitrogen and oxygen atoms in total. The average molecular weight is 241 g/mol. The van der Waals surface area contributed by atoms with Gasteiger partial charge in [-0.2, -0.15) is 0 Å². The van der Waals surface area contributed by atoms with Gasteiger partial charge in [0, 0.05) is 0 Å². The van der Waals surface area contributed by atoms with Crippen LogP contribution in [0.1, 0.15) is 19.4 Å². The molecule has 88 valence electrons. The van der Waals surface area contributed by atoms with Crippen molar-refractivity contribution in [2.75, 3.05) is 13.2 Å². The Hall–Kier alpha value is -0.760. The monoisotopic (exact) mass is 241 g/mol. The topological polar surface area (TPSA) is 35.5 Å². The molecule has 1 aromatic carbocycles. The van der Waals surface area contributed by atoms with Crippen molar-refractivity contribution in [2.24, 2.45) is 0 Å². The molecule has 0 aromatic heterocycles. The lowest BCUT2D eigenvalue weighted by molar-refractivity contribution is -0.0798. The zero-order valence-electron chi connectivity index (χ0n) is 9.76. The molecule has 0 bridgehead atoms. The van der Waals surface area contributed by atoms with E-state index in [9.17, 15) is 4.57 Å². The zero-order chi connectivity index (χ0) is 11.8.